The molecule has 0 amide bonds. The third-order valence-corrected chi connectivity index (χ3v) is 3.97. The lowest BCUT2D eigenvalue weighted by Crippen LogP contribution is -1.92. The second-order valence-corrected chi connectivity index (χ2v) is 5.53. The molecule has 0 heterocycles. The maximum atomic E-state index is 4.22. The minimum absolute atomic E-state index is 1.07. The monoisotopic (exact) mass is 284 g/mol. The minimum atomic E-state index is 1.07. The van der Waals surface area contributed by atoms with Gasteiger partial charge in [-0.2, -0.15) is 0 Å². The van der Waals surface area contributed by atoms with Crippen molar-refractivity contribution in [3.63, 3.8) is 0 Å². The van der Waals surface area contributed by atoms with Crippen LogP contribution in [0.4, 0.5) is 0 Å². The van der Waals surface area contributed by atoms with Crippen molar-refractivity contribution < 1.29 is 0 Å². The molecule has 0 atom stereocenters. The summed E-state index contributed by atoms with van der Waals surface area (Å²) in [6.45, 7) is 4.22. The third kappa shape index (κ3) is 3.53. The average Bonchev–Trinajstić information content (AvgIpc) is 2.61. The van der Waals surface area contributed by atoms with Crippen LogP contribution in [0.3, 0.4) is 0 Å². The van der Waals surface area contributed by atoms with Gasteiger partial charge in [0.15, 0.2) is 0 Å². The Labute approximate surface area is 132 Å². The SMILES string of the molecule is C=C(c1ccccc1)c1ccc(CCc2ccccc2)cc1. The van der Waals surface area contributed by atoms with Crippen LogP contribution in [0.1, 0.15) is 22.3 Å². The molecule has 3 aromatic rings. The smallest absolute Gasteiger partial charge is 0.0183 e. The molecule has 0 aromatic heterocycles. The van der Waals surface area contributed by atoms with Crippen LogP contribution < -0.4 is 0 Å². The van der Waals surface area contributed by atoms with Gasteiger partial charge in [-0.05, 0) is 40.7 Å². The number of rotatable bonds is 5. The topological polar surface area (TPSA) is 0 Å². The number of aryl methyl sites for hydroxylation is 2. The first-order chi connectivity index (χ1) is 10.8. The molecule has 22 heavy (non-hydrogen) atoms. The Morgan fingerprint density at radius 3 is 1.59 bits per heavy atom. The number of benzene rings is 3. The Bertz CT molecular complexity index is 722. The molecular weight excluding hydrogens is 264 g/mol. The molecule has 0 radical (unpaired) electrons. The molecule has 0 aliphatic carbocycles. The molecule has 0 saturated heterocycles. The van der Waals surface area contributed by atoms with Gasteiger partial charge in [0, 0.05) is 0 Å². The normalized spacial score (nSPS) is 10.4. The summed E-state index contributed by atoms with van der Waals surface area (Å²) in [4.78, 5) is 0. The molecule has 0 nitrogen and oxygen atoms in total. The van der Waals surface area contributed by atoms with Gasteiger partial charge in [0.2, 0.25) is 0 Å². The molecule has 0 bridgehead atoms. The lowest BCUT2D eigenvalue weighted by atomic mass is 9.97. The van der Waals surface area contributed by atoms with E-state index in [1.165, 1.54) is 22.3 Å². The third-order valence-electron chi connectivity index (χ3n) is 3.97. The summed E-state index contributed by atoms with van der Waals surface area (Å²) < 4.78 is 0. The molecule has 0 saturated carbocycles. The summed E-state index contributed by atoms with van der Waals surface area (Å²) in [7, 11) is 0. The van der Waals surface area contributed by atoms with Crippen molar-refractivity contribution in [3.8, 4) is 0 Å². The van der Waals surface area contributed by atoms with Crippen molar-refractivity contribution in [3.05, 3.63) is 114 Å². The molecule has 0 heteroatoms. The molecule has 0 aliphatic heterocycles. The fraction of sp³-hybridized carbons (Fsp3) is 0.0909. The van der Waals surface area contributed by atoms with Crippen LogP contribution in [0.5, 0.6) is 0 Å². The highest BCUT2D eigenvalue weighted by Crippen LogP contribution is 2.21. The number of hydrogen-bond donors (Lipinski definition) is 0. The Morgan fingerprint density at radius 1 is 0.545 bits per heavy atom. The van der Waals surface area contributed by atoms with Crippen molar-refractivity contribution in [2.75, 3.05) is 0 Å². The maximum Gasteiger partial charge on any atom is -0.0183 e. The van der Waals surface area contributed by atoms with Crippen molar-refractivity contribution >= 4 is 5.57 Å². The fourth-order valence-electron chi connectivity index (χ4n) is 2.61. The zero-order chi connectivity index (χ0) is 15.2. The predicted octanol–water partition coefficient (Wildman–Crippen LogP) is 5.53. The van der Waals surface area contributed by atoms with Crippen molar-refractivity contribution in [2.45, 2.75) is 12.8 Å². The van der Waals surface area contributed by atoms with Gasteiger partial charge < -0.3 is 0 Å². The number of hydrogen-bond acceptors (Lipinski definition) is 0. The summed E-state index contributed by atoms with van der Waals surface area (Å²) in [6.07, 6.45) is 2.15. The second kappa shape index (κ2) is 6.91. The molecular formula is C22H20. The van der Waals surface area contributed by atoms with Crippen molar-refractivity contribution in [2.24, 2.45) is 0 Å². The molecule has 0 N–H and O–H groups in total. The van der Waals surface area contributed by atoms with E-state index in [0.29, 0.717) is 0 Å². The van der Waals surface area contributed by atoms with Gasteiger partial charge in [0.1, 0.15) is 0 Å². The molecule has 3 aromatic carbocycles. The van der Waals surface area contributed by atoms with Crippen molar-refractivity contribution in [1.82, 2.24) is 0 Å². The molecule has 3 rings (SSSR count). The maximum absolute atomic E-state index is 4.22. The lowest BCUT2D eigenvalue weighted by molar-refractivity contribution is 0.960. The van der Waals surface area contributed by atoms with Gasteiger partial charge >= 0.3 is 0 Å². The van der Waals surface area contributed by atoms with Crippen LogP contribution in [-0.2, 0) is 12.8 Å². The van der Waals surface area contributed by atoms with Gasteiger partial charge in [-0.3, -0.25) is 0 Å². The minimum Gasteiger partial charge on any atom is -0.0906 e. The molecule has 0 spiro atoms. The highest BCUT2D eigenvalue weighted by molar-refractivity contribution is 5.77. The summed E-state index contributed by atoms with van der Waals surface area (Å²) in [5.41, 5.74) is 6.21. The van der Waals surface area contributed by atoms with E-state index in [-0.39, 0.29) is 0 Å². The molecule has 108 valence electrons. The van der Waals surface area contributed by atoms with Gasteiger partial charge in [0.05, 0.1) is 0 Å². The Kier molecular flexibility index (Phi) is 4.50. The summed E-state index contributed by atoms with van der Waals surface area (Å²) in [5, 5.41) is 0. The van der Waals surface area contributed by atoms with Gasteiger partial charge in [-0.25, -0.2) is 0 Å². The highest BCUT2D eigenvalue weighted by atomic mass is 14.1. The summed E-state index contributed by atoms with van der Waals surface area (Å²) in [5.74, 6) is 0. The van der Waals surface area contributed by atoms with E-state index in [0.717, 1.165) is 18.4 Å². The van der Waals surface area contributed by atoms with E-state index in [9.17, 15) is 0 Å². The zero-order valence-corrected chi connectivity index (χ0v) is 12.7. The van der Waals surface area contributed by atoms with Gasteiger partial charge in [0.25, 0.3) is 0 Å². The average molecular weight is 284 g/mol. The molecule has 0 unspecified atom stereocenters. The highest BCUT2D eigenvalue weighted by Gasteiger charge is 2.02. The first-order valence-electron chi connectivity index (χ1n) is 7.70. The van der Waals surface area contributed by atoms with Crippen molar-refractivity contribution in [1.29, 1.82) is 0 Å². The lowest BCUT2D eigenvalue weighted by Gasteiger charge is -2.08. The first kappa shape index (κ1) is 14.3. The second-order valence-electron chi connectivity index (χ2n) is 5.53. The van der Waals surface area contributed by atoms with E-state index >= 15 is 0 Å². The van der Waals surface area contributed by atoms with Crippen LogP contribution in [0.2, 0.25) is 0 Å². The van der Waals surface area contributed by atoms with Crippen LogP contribution in [0, 0.1) is 0 Å². The Morgan fingerprint density at radius 2 is 1.00 bits per heavy atom. The zero-order valence-electron chi connectivity index (χ0n) is 12.7. The van der Waals surface area contributed by atoms with Crippen LogP contribution in [-0.4, -0.2) is 0 Å². The summed E-state index contributed by atoms with van der Waals surface area (Å²) >= 11 is 0. The fourth-order valence-corrected chi connectivity index (χ4v) is 2.61. The predicted molar refractivity (Wildman–Crippen MR) is 94.9 cm³/mol. The first-order valence-corrected chi connectivity index (χ1v) is 7.70. The van der Waals surface area contributed by atoms with Gasteiger partial charge in [-0.15, -0.1) is 0 Å². The molecule has 0 fully saturated rings. The van der Waals surface area contributed by atoms with E-state index in [2.05, 4.69) is 85.4 Å². The standard InChI is InChI=1S/C22H20/c1-18(21-10-6-3-7-11-21)22-16-14-20(15-17-22)13-12-19-8-4-2-5-9-19/h2-11,14-17H,1,12-13H2. The van der Waals surface area contributed by atoms with Crippen LogP contribution in [0.25, 0.3) is 5.57 Å². The quantitative estimate of drug-likeness (QED) is 0.577. The van der Waals surface area contributed by atoms with Crippen LogP contribution in [0.15, 0.2) is 91.5 Å². The largest absolute Gasteiger partial charge is 0.0906 e. The summed E-state index contributed by atoms with van der Waals surface area (Å²) in [6, 6.07) is 29.8. The van der Waals surface area contributed by atoms with E-state index in [1.54, 1.807) is 0 Å². The van der Waals surface area contributed by atoms with Gasteiger partial charge in [-0.1, -0.05) is 91.5 Å². The Balaban J connectivity index is 1.67. The van der Waals surface area contributed by atoms with Crippen LogP contribution >= 0.6 is 0 Å². The van der Waals surface area contributed by atoms with E-state index in [1.807, 2.05) is 6.07 Å². The molecule has 0 aliphatic rings. The Hall–Kier alpha value is -2.60. The van der Waals surface area contributed by atoms with E-state index in [4.69, 9.17) is 0 Å². The van der Waals surface area contributed by atoms with E-state index < -0.39 is 0 Å².